The van der Waals surface area contributed by atoms with E-state index in [2.05, 4.69) is 17.9 Å². The second-order valence-corrected chi connectivity index (χ2v) is 3.22. The fourth-order valence-electron chi connectivity index (χ4n) is 1.41. The molecule has 0 aromatic rings. The van der Waals surface area contributed by atoms with E-state index in [1.54, 1.807) is 0 Å². The molecule has 0 saturated carbocycles. The molecule has 1 heterocycles. The van der Waals surface area contributed by atoms with Crippen LogP contribution in [0.25, 0.3) is 0 Å². The summed E-state index contributed by atoms with van der Waals surface area (Å²) in [6, 6.07) is 0. The van der Waals surface area contributed by atoms with Crippen LogP contribution in [-0.2, 0) is 0 Å². The van der Waals surface area contributed by atoms with Crippen molar-refractivity contribution in [3.8, 4) is 12.3 Å². The minimum absolute atomic E-state index is 0.0694. The van der Waals surface area contributed by atoms with Gasteiger partial charge >= 0.3 is 0 Å². The van der Waals surface area contributed by atoms with E-state index in [4.69, 9.17) is 6.42 Å². The quantitative estimate of drug-likeness (QED) is 0.573. The van der Waals surface area contributed by atoms with Gasteiger partial charge in [0.05, 0.1) is 6.10 Å². The van der Waals surface area contributed by atoms with Crippen LogP contribution < -0.4 is 0 Å². The molecule has 1 saturated heterocycles. The molecule has 76 valence electrons. The molecule has 0 aromatic heterocycles. The lowest BCUT2D eigenvalue weighted by molar-refractivity contribution is 0.129. The van der Waals surface area contributed by atoms with Crippen molar-refractivity contribution in [2.75, 3.05) is 20.1 Å². The molecule has 2 atom stereocenters. The van der Waals surface area contributed by atoms with Crippen LogP contribution in [0.4, 0.5) is 0 Å². The summed E-state index contributed by atoms with van der Waals surface area (Å²) in [4.78, 5) is 2.21. The lowest BCUT2D eigenvalue weighted by Gasteiger charge is -2.12. The molecule has 0 radical (unpaired) electrons. The molecule has 0 aromatic carbocycles. The van der Waals surface area contributed by atoms with Crippen LogP contribution in [0.3, 0.4) is 0 Å². The second-order valence-electron chi connectivity index (χ2n) is 3.22. The zero-order valence-corrected chi connectivity index (χ0v) is 8.95. The van der Waals surface area contributed by atoms with Crippen LogP contribution in [0.15, 0.2) is 0 Å². The molecule has 1 N–H and O–H groups in total. The Kier molecular flexibility index (Phi) is 6.66. The Bertz CT molecular complexity index is 162. The summed E-state index contributed by atoms with van der Waals surface area (Å²) in [6.45, 7) is 5.96. The zero-order chi connectivity index (χ0) is 10.3. The average molecular weight is 183 g/mol. The fourth-order valence-corrected chi connectivity index (χ4v) is 1.41. The first-order valence-corrected chi connectivity index (χ1v) is 5.07. The summed E-state index contributed by atoms with van der Waals surface area (Å²) in [5.41, 5.74) is 0. The minimum Gasteiger partial charge on any atom is -0.392 e. The normalized spacial score (nSPS) is 29.5. The highest BCUT2D eigenvalue weighted by Gasteiger charge is 2.20. The van der Waals surface area contributed by atoms with Gasteiger partial charge in [0.1, 0.15) is 0 Å². The molecule has 0 spiro atoms. The second kappa shape index (κ2) is 6.94. The first-order valence-electron chi connectivity index (χ1n) is 5.07. The minimum atomic E-state index is -0.287. The Hall–Kier alpha value is -0.520. The number of aliphatic hydroxyl groups is 1. The molecule has 0 bridgehead atoms. The molecule has 0 amide bonds. The predicted octanol–water partition coefficient (Wildman–Crippen LogP) is 1.35. The maximum absolute atomic E-state index is 9.50. The van der Waals surface area contributed by atoms with Crippen LogP contribution in [0.2, 0.25) is 0 Å². The van der Waals surface area contributed by atoms with Gasteiger partial charge in [0, 0.05) is 12.5 Å². The molecule has 1 fully saturated rings. The number of terminal acetylenes is 1. The molecule has 1 aliphatic heterocycles. The Morgan fingerprint density at radius 2 is 1.85 bits per heavy atom. The van der Waals surface area contributed by atoms with Gasteiger partial charge in [-0.1, -0.05) is 13.8 Å². The van der Waals surface area contributed by atoms with E-state index in [1.807, 2.05) is 13.8 Å². The predicted molar refractivity (Wildman–Crippen MR) is 56.4 cm³/mol. The van der Waals surface area contributed by atoms with E-state index in [0.717, 1.165) is 25.9 Å². The summed E-state index contributed by atoms with van der Waals surface area (Å²) in [5, 5.41) is 9.50. The van der Waals surface area contributed by atoms with Crippen LogP contribution in [0.5, 0.6) is 0 Å². The number of hydrogen-bond donors (Lipinski definition) is 1. The topological polar surface area (TPSA) is 23.5 Å². The fraction of sp³-hybridized carbons (Fsp3) is 0.818. The Morgan fingerprint density at radius 3 is 2.38 bits per heavy atom. The van der Waals surface area contributed by atoms with Crippen LogP contribution in [-0.4, -0.2) is 36.2 Å². The summed E-state index contributed by atoms with van der Waals surface area (Å²) in [7, 11) is 2.06. The van der Waals surface area contributed by atoms with Crippen LogP contribution in [0.1, 0.15) is 26.7 Å². The lowest BCUT2D eigenvalue weighted by Crippen LogP contribution is -2.19. The van der Waals surface area contributed by atoms with Gasteiger partial charge in [-0.05, 0) is 26.4 Å². The molecular formula is C11H21NO. The highest BCUT2D eigenvalue weighted by Crippen LogP contribution is 2.15. The van der Waals surface area contributed by atoms with E-state index in [1.165, 1.54) is 0 Å². The van der Waals surface area contributed by atoms with E-state index in [9.17, 15) is 5.11 Å². The first-order chi connectivity index (χ1) is 6.24. The SMILES string of the molecule is C#CC1CCN(C)CCC1O.CC. The molecule has 1 rings (SSSR count). The van der Waals surface area contributed by atoms with E-state index < -0.39 is 0 Å². The number of aliphatic hydroxyl groups excluding tert-OH is 1. The van der Waals surface area contributed by atoms with Gasteiger partial charge in [0.15, 0.2) is 0 Å². The largest absolute Gasteiger partial charge is 0.392 e. The molecule has 2 unspecified atom stereocenters. The summed E-state index contributed by atoms with van der Waals surface area (Å²) in [6.07, 6.45) is 6.73. The van der Waals surface area contributed by atoms with Crippen LogP contribution >= 0.6 is 0 Å². The van der Waals surface area contributed by atoms with E-state index in [0.29, 0.717) is 0 Å². The van der Waals surface area contributed by atoms with Crippen molar-refractivity contribution in [1.82, 2.24) is 4.90 Å². The Balaban J connectivity index is 0.000000671. The van der Waals surface area contributed by atoms with Crippen molar-refractivity contribution in [1.29, 1.82) is 0 Å². The summed E-state index contributed by atoms with van der Waals surface area (Å²) >= 11 is 0. The summed E-state index contributed by atoms with van der Waals surface area (Å²) < 4.78 is 0. The number of nitrogens with zero attached hydrogens (tertiary/aromatic N) is 1. The average Bonchev–Trinajstić information content (AvgIpc) is 2.33. The molecule has 13 heavy (non-hydrogen) atoms. The van der Waals surface area contributed by atoms with Gasteiger partial charge < -0.3 is 10.0 Å². The Labute approximate surface area is 81.9 Å². The van der Waals surface area contributed by atoms with Crippen molar-refractivity contribution < 1.29 is 5.11 Å². The van der Waals surface area contributed by atoms with E-state index in [-0.39, 0.29) is 12.0 Å². The van der Waals surface area contributed by atoms with Gasteiger partial charge in [-0.15, -0.1) is 12.3 Å². The van der Waals surface area contributed by atoms with Crippen LogP contribution in [0, 0.1) is 18.3 Å². The third-order valence-electron chi connectivity index (χ3n) is 2.31. The molecular weight excluding hydrogens is 162 g/mol. The molecule has 2 heteroatoms. The van der Waals surface area contributed by atoms with Crippen molar-refractivity contribution in [3.63, 3.8) is 0 Å². The standard InChI is InChI=1S/C9H15NO.C2H6/c1-3-8-4-6-10(2)7-5-9(8)11;1-2/h1,8-9,11H,4-7H2,2H3;1-2H3. The highest BCUT2D eigenvalue weighted by atomic mass is 16.3. The number of likely N-dealkylation sites (tertiary alicyclic amines) is 1. The van der Waals surface area contributed by atoms with Gasteiger partial charge in [-0.3, -0.25) is 0 Å². The highest BCUT2D eigenvalue weighted by molar-refractivity contribution is 4.98. The van der Waals surface area contributed by atoms with Crippen molar-refractivity contribution in [2.24, 2.45) is 5.92 Å². The third-order valence-corrected chi connectivity index (χ3v) is 2.31. The maximum Gasteiger partial charge on any atom is 0.0690 e. The smallest absolute Gasteiger partial charge is 0.0690 e. The Morgan fingerprint density at radius 1 is 1.31 bits per heavy atom. The van der Waals surface area contributed by atoms with Gasteiger partial charge in [-0.25, -0.2) is 0 Å². The maximum atomic E-state index is 9.50. The number of hydrogen-bond acceptors (Lipinski definition) is 2. The zero-order valence-electron chi connectivity index (χ0n) is 8.95. The molecule has 1 aliphatic rings. The monoisotopic (exact) mass is 183 g/mol. The molecule has 0 aliphatic carbocycles. The first kappa shape index (κ1) is 12.5. The number of rotatable bonds is 0. The van der Waals surface area contributed by atoms with Gasteiger partial charge in [0.25, 0.3) is 0 Å². The van der Waals surface area contributed by atoms with E-state index >= 15 is 0 Å². The van der Waals surface area contributed by atoms with Gasteiger partial charge in [0.2, 0.25) is 0 Å². The van der Waals surface area contributed by atoms with Gasteiger partial charge in [-0.2, -0.15) is 0 Å². The van der Waals surface area contributed by atoms with Crippen molar-refractivity contribution in [2.45, 2.75) is 32.8 Å². The third kappa shape index (κ3) is 4.31. The summed E-state index contributed by atoms with van der Waals surface area (Å²) in [5.74, 6) is 2.71. The van der Waals surface area contributed by atoms with Crippen molar-refractivity contribution in [3.05, 3.63) is 0 Å². The molecule has 2 nitrogen and oxygen atoms in total. The lowest BCUT2D eigenvalue weighted by atomic mass is 9.99. The van der Waals surface area contributed by atoms with Crippen molar-refractivity contribution >= 4 is 0 Å².